The predicted molar refractivity (Wildman–Crippen MR) is 92.0 cm³/mol. The van der Waals surface area contributed by atoms with Gasteiger partial charge in [-0.25, -0.2) is 0 Å². The van der Waals surface area contributed by atoms with Crippen LogP contribution in [0.2, 0.25) is 0 Å². The average Bonchev–Trinajstić information content (AvgIpc) is 2.68. The molecule has 1 heterocycles. The topological polar surface area (TPSA) is 44.5 Å². The summed E-state index contributed by atoms with van der Waals surface area (Å²) in [5.41, 5.74) is 9.17. The van der Waals surface area contributed by atoms with Gasteiger partial charge in [0.1, 0.15) is 0 Å². The van der Waals surface area contributed by atoms with Gasteiger partial charge in [0.05, 0.1) is 11.2 Å². The summed E-state index contributed by atoms with van der Waals surface area (Å²) >= 11 is 0. The Kier molecular flexibility index (Phi) is 3.54. The van der Waals surface area contributed by atoms with Crippen LogP contribution >= 0.6 is 0 Å². The minimum Gasteiger partial charge on any atom is -0.399 e. The van der Waals surface area contributed by atoms with Gasteiger partial charge in [-0.3, -0.25) is 0 Å². The smallest absolute Gasteiger partial charge is 0.399 e. The standard InChI is InChI=1S/C18H22BNO2/c1-17(2)18(3,4)22-19(21-17)15-7-5-6-14(12-15)13-8-10-16(20)11-9-13/h5-12H,20H2,1-4H3. The summed E-state index contributed by atoms with van der Waals surface area (Å²) in [6, 6.07) is 16.2. The van der Waals surface area contributed by atoms with E-state index in [0.717, 1.165) is 22.3 Å². The number of nitrogen functional groups attached to an aromatic ring is 1. The zero-order valence-corrected chi connectivity index (χ0v) is 13.6. The van der Waals surface area contributed by atoms with Crippen LogP contribution in [0.4, 0.5) is 5.69 Å². The van der Waals surface area contributed by atoms with Crippen molar-refractivity contribution < 1.29 is 9.31 Å². The summed E-state index contributed by atoms with van der Waals surface area (Å²) < 4.78 is 12.2. The molecule has 22 heavy (non-hydrogen) atoms. The third-order valence-electron chi connectivity index (χ3n) is 4.66. The molecule has 2 N–H and O–H groups in total. The fourth-order valence-electron chi connectivity index (χ4n) is 2.52. The van der Waals surface area contributed by atoms with Crippen molar-refractivity contribution >= 4 is 18.3 Å². The second-order valence-corrected chi connectivity index (χ2v) is 6.84. The fraction of sp³-hybridized carbons (Fsp3) is 0.333. The maximum atomic E-state index is 6.12. The third-order valence-corrected chi connectivity index (χ3v) is 4.66. The first kappa shape index (κ1) is 15.1. The number of rotatable bonds is 2. The van der Waals surface area contributed by atoms with Gasteiger partial charge in [-0.2, -0.15) is 0 Å². The van der Waals surface area contributed by atoms with Crippen LogP contribution in [0.3, 0.4) is 0 Å². The van der Waals surface area contributed by atoms with Gasteiger partial charge >= 0.3 is 7.12 Å². The Bertz CT molecular complexity index is 664. The highest BCUT2D eigenvalue weighted by Crippen LogP contribution is 2.36. The van der Waals surface area contributed by atoms with Gasteiger partial charge < -0.3 is 15.0 Å². The summed E-state index contributed by atoms with van der Waals surface area (Å²) in [4.78, 5) is 0. The molecule has 3 rings (SSSR count). The molecule has 1 aliphatic heterocycles. The van der Waals surface area contributed by atoms with Crippen molar-refractivity contribution in [1.82, 2.24) is 0 Å². The van der Waals surface area contributed by atoms with E-state index in [1.165, 1.54) is 0 Å². The lowest BCUT2D eigenvalue weighted by molar-refractivity contribution is 0.00578. The molecule has 2 aromatic rings. The monoisotopic (exact) mass is 295 g/mol. The van der Waals surface area contributed by atoms with Crippen molar-refractivity contribution in [2.75, 3.05) is 5.73 Å². The maximum absolute atomic E-state index is 6.12. The molecule has 0 bridgehead atoms. The Balaban J connectivity index is 1.91. The number of anilines is 1. The summed E-state index contributed by atoms with van der Waals surface area (Å²) in [5.74, 6) is 0. The van der Waals surface area contributed by atoms with Crippen molar-refractivity contribution in [3.63, 3.8) is 0 Å². The molecular weight excluding hydrogens is 273 g/mol. The molecule has 0 atom stereocenters. The molecule has 114 valence electrons. The van der Waals surface area contributed by atoms with Crippen molar-refractivity contribution in [3.8, 4) is 11.1 Å². The normalized spacial score (nSPS) is 19.4. The first-order valence-electron chi connectivity index (χ1n) is 7.60. The van der Waals surface area contributed by atoms with E-state index < -0.39 is 0 Å². The number of nitrogens with two attached hydrogens (primary N) is 1. The summed E-state index contributed by atoms with van der Waals surface area (Å²) in [7, 11) is -0.335. The van der Waals surface area contributed by atoms with Crippen LogP contribution in [0.5, 0.6) is 0 Å². The summed E-state index contributed by atoms with van der Waals surface area (Å²) in [6.45, 7) is 8.27. The van der Waals surface area contributed by atoms with Crippen LogP contribution in [0.25, 0.3) is 11.1 Å². The van der Waals surface area contributed by atoms with Crippen LogP contribution in [0, 0.1) is 0 Å². The fourth-order valence-corrected chi connectivity index (χ4v) is 2.52. The van der Waals surface area contributed by atoms with Crippen LogP contribution < -0.4 is 11.2 Å². The van der Waals surface area contributed by atoms with Gasteiger partial charge in [0.15, 0.2) is 0 Å². The summed E-state index contributed by atoms with van der Waals surface area (Å²) in [5, 5.41) is 0. The van der Waals surface area contributed by atoms with Crippen molar-refractivity contribution in [2.24, 2.45) is 0 Å². The maximum Gasteiger partial charge on any atom is 0.494 e. The largest absolute Gasteiger partial charge is 0.494 e. The number of benzene rings is 2. The number of hydrogen-bond donors (Lipinski definition) is 1. The Morgan fingerprint density at radius 2 is 1.41 bits per heavy atom. The first-order valence-corrected chi connectivity index (χ1v) is 7.60. The lowest BCUT2D eigenvalue weighted by Crippen LogP contribution is -2.41. The lowest BCUT2D eigenvalue weighted by Gasteiger charge is -2.32. The van der Waals surface area contributed by atoms with Crippen molar-refractivity contribution in [3.05, 3.63) is 48.5 Å². The van der Waals surface area contributed by atoms with Crippen LogP contribution in [-0.4, -0.2) is 18.3 Å². The SMILES string of the molecule is CC1(C)OB(c2cccc(-c3ccc(N)cc3)c2)OC1(C)C. The van der Waals surface area contributed by atoms with E-state index in [2.05, 4.69) is 39.8 Å². The van der Waals surface area contributed by atoms with E-state index in [9.17, 15) is 0 Å². The Hall–Kier alpha value is -1.78. The molecule has 4 heteroatoms. The molecule has 1 fully saturated rings. The third kappa shape index (κ3) is 2.64. The molecule has 0 amide bonds. The van der Waals surface area contributed by atoms with Gasteiger partial charge in [-0.1, -0.05) is 36.4 Å². The Morgan fingerprint density at radius 3 is 2.00 bits per heavy atom. The minimum absolute atomic E-state index is 0.325. The molecule has 0 radical (unpaired) electrons. The van der Waals surface area contributed by atoms with Crippen LogP contribution in [-0.2, 0) is 9.31 Å². The average molecular weight is 295 g/mol. The zero-order chi connectivity index (χ0) is 16.0. The highest BCUT2D eigenvalue weighted by Gasteiger charge is 2.51. The Labute approximate surface area is 132 Å². The molecule has 0 unspecified atom stereocenters. The molecular formula is C18H22BNO2. The molecule has 3 nitrogen and oxygen atoms in total. The highest BCUT2D eigenvalue weighted by atomic mass is 16.7. The molecule has 2 aromatic carbocycles. The highest BCUT2D eigenvalue weighted by molar-refractivity contribution is 6.62. The van der Waals surface area contributed by atoms with Gasteiger partial charge in [0, 0.05) is 5.69 Å². The van der Waals surface area contributed by atoms with E-state index in [1.807, 2.05) is 36.4 Å². The Morgan fingerprint density at radius 1 is 0.818 bits per heavy atom. The van der Waals surface area contributed by atoms with E-state index >= 15 is 0 Å². The quantitative estimate of drug-likeness (QED) is 0.683. The van der Waals surface area contributed by atoms with E-state index in [0.29, 0.717) is 0 Å². The zero-order valence-electron chi connectivity index (χ0n) is 13.6. The molecule has 0 aromatic heterocycles. The van der Waals surface area contributed by atoms with Crippen LogP contribution in [0.1, 0.15) is 27.7 Å². The van der Waals surface area contributed by atoms with E-state index in [1.54, 1.807) is 0 Å². The van der Waals surface area contributed by atoms with Crippen LogP contribution in [0.15, 0.2) is 48.5 Å². The minimum atomic E-state index is -0.335. The molecule has 1 saturated heterocycles. The van der Waals surface area contributed by atoms with Crippen molar-refractivity contribution in [1.29, 1.82) is 0 Å². The first-order chi connectivity index (χ1) is 10.3. The molecule has 0 spiro atoms. The van der Waals surface area contributed by atoms with Gasteiger partial charge in [-0.05, 0) is 56.4 Å². The number of hydrogen-bond acceptors (Lipinski definition) is 3. The van der Waals surface area contributed by atoms with Gasteiger partial charge in [-0.15, -0.1) is 0 Å². The second-order valence-electron chi connectivity index (χ2n) is 6.84. The summed E-state index contributed by atoms with van der Waals surface area (Å²) in [6.07, 6.45) is 0. The van der Waals surface area contributed by atoms with Crippen molar-refractivity contribution in [2.45, 2.75) is 38.9 Å². The lowest BCUT2D eigenvalue weighted by atomic mass is 9.78. The second kappa shape index (κ2) is 5.15. The van der Waals surface area contributed by atoms with E-state index in [-0.39, 0.29) is 18.3 Å². The van der Waals surface area contributed by atoms with Gasteiger partial charge in [0.25, 0.3) is 0 Å². The van der Waals surface area contributed by atoms with E-state index in [4.69, 9.17) is 15.0 Å². The molecule has 0 saturated carbocycles. The molecule has 0 aliphatic carbocycles. The van der Waals surface area contributed by atoms with Gasteiger partial charge in [0.2, 0.25) is 0 Å². The molecule has 1 aliphatic rings. The predicted octanol–water partition coefficient (Wildman–Crippen LogP) is 3.24.